The first-order chi connectivity index (χ1) is 13.3. The van der Waals surface area contributed by atoms with Gasteiger partial charge >= 0.3 is 6.09 Å². The van der Waals surface area contributed by atoms with Gasteiger partial charge in [-0.15, -0.1) is 24.0 Å². The van der Waals surface area contributed by atoms with Gasteiger partial charge in [0, 0.05) is 26.2 Å². The second-order valence-electron chi connectivity index (χ2n) is 8.14. The van der Waals surface area contributed by atoms with E-state index in [0.717, 1.165) is 31.5 Å². The first-order valence-corrected chi connectivity index (χ1v) is 10.0. The normalized spacial score (nSPS) is 17.3. The minimum Gasteiger partial charge on any atom is -0.444 e. The topological polar surface area (TPSA) is 66.0 Å². The summed E-state index contributed by atoms with van der Waals surface area (Å²) in [7, 11) is 0. The molecule has 1 fully saturated rings. The fraction of sp³-hybridized carbons (Fsp3) is 0.619. The van der Waals surface area contributed by atoms with Crippen LogP contribution in [0.15, 0.2) is 29.3 Å². The number of nitrogens with zero attached hydrogens (tertiary/aromatic N) is 2. The van der Waals surface area contributed by atoms with Gasteiger partial charge in [-0.25, -0.2) is 14.2 Å². The highest BCUT2D eigenvalue weighted by Crippen LogP contribution is 2.19. The molecule has 1 aliphatic rings. The van der Waals surface area contributed by atoms with E-state index >= 15 is 0 Å². The van der Waals surface area contributed by atoms with E-state index in [1.807, 2.05) is 33.8 Å². The second kappa shape index (κ2) is 12.2. The summed E-state index contributed by atoms with van der Waals surface area (Å²) in [6.07, 6.45) is 1.77. The molecular formula is C21H34FIN4O2. The van der Waals surface area contributed by atoms with Crippen LogP contribution in [0.25, 0.3) is 0 Å². The fourth-order valence-electron chi connectivity index (χ4n) is 3.11. The highest BCUT2D eigenvalue weighted by Gasteiger charge is 2.27. The van der Waals surface area contributed by atoms with Gasteiger partial charge in [0.05, 0.1) is 6.54 Å². The lowest BCUT2D eigenvalue weighted by atomic mass is 9.98. The molecule has 1 aliphatic heterocycles. The van der Waals surface area contributed by atoms with Crippen molar-refractivity contribution in [2.45, 2.75) is 52.7 Å². The monoisotopic (exact) mass is 520 g/mol. The van der Waals surface area contributed by atoms with Crippen molar-refractivity contribution < 1.29 is 13.9 Å². The molecule has 164 valence electrons. The number of hydrogen-bond acceptors (Lipinski definition) is 3. The summed E-state index contributed by atoms with van der Waals surface area (Å²) in [6.45, 7) is 10.9. The molecule has 1 aromatic carbocycles. The Hall–Kier alpha value is -1.58. The number of ether oxygens (including phenoxy) is 1. The number of carbonyl (C=O) groups excluding carboxylic acids is 1. The van der Waals surface area contributed by atoms with Gasteiger partial charge in [0.1, 0.15) is 11.4 Å². The maximum absolute atomic E-state index is 13.3. The summed E-state index contributed by atoms with van der Waals surface area (Å²) in [5, 5.41) is 6.56. The van der Waals surface area contributed by atoms with Gasteiger partial charge in [0.2, 0.25) is 0 Å². The quantitative estimate of drug-likeness (QED) is 0.348. The molecule has 0 bridgehead atoms. The minimum absolute atomic E-state index is 0. The number of likely N-dealkylation sites (tertiary alicyclic amines) is 1. The molecule has 0 aromatic heterocycles. The van der Waals surface area contributed by atoms with E-state index in [2.05, 4.69) is 15.6 Å². The minimum atomic E-state index is -0.482. The standard InChI is InChI=1S/C21H33FN4O2.HI/c1-5-23-19(24-13-16-8-6-10-18(22)12-16)25-14-17-9-7-11-26(15-17)20(27)28-21(2,3)4;/h6,8,10,12,17H,5,7,9,11,13-15H2,1-4H3,(H2,23,24,25);1H. The van der Waals surface area contributed by atoms with Gasteiger partial charge in [-0.05, 0) is 64.2 Å². The zero-order valence-corrected chi connectivity index (χ0v) is 20.2. The molecule has 0 saturated carbocycles. The Bertz CT molecular complexity index is 679. The van der Waals surface area contributed by atoms with Crippen molar-refractivity contribution in [1.29, 1.82) is 0 Å². The number of carbonyl (C=O) groups is 1. The molecule has 6 nitrogen and oxygen atoms in total. The number of aliphatic imine (C=N–C) groups is 1. The lowest BCUT2D eigenvalue weighted by Crippen LogP contribution is -2.47. The molecule has 2 N–H and O–H groups in total. The SMILES string of the molecule is CCNC(=NCc1cccc(F)c1)NCC1CCCN(C(=O)OC(C)(C)C)C1.I. The van der Waals surface area contributed by atoms with Crippen LogP contribution in [-0.2, 0) is 11.3 Å². The molecule has 1 aromatic rings. The third-order valence-electron chi connectivity index (χ3n) is 4.38. The molecule has 0 radical (unpaired) electrons. The predicted molar refractivity (Wildman–Crippen MR) is 125 cm³/mol. The molecule has 1 amide bonds. The maximum Gasteiger partial charge on any atom is 0.410 e. The molecule has 1 saturated heterocycles. The number of guanidine groups is 1. The molecule has 1 atom stereocenters. The number of piperidine rings is 1. The summed E-state index contributed by atoms with van der Waals surface area (Å²) < 4.78 is 18.8. The zero-order valence-electron chi connectivity index (χ0n) is 17.8. The van der Waals surface area contributed by atoms with Crippen LogP contribution in [0, 0.1) is 11.7 Å². The van der Waals surface area contributed by atoms with Gasteiger partial charge in [0.15, 0.2) is 5.96 Å². The second-order valence-corrected chi connectivity index (χ2v) is 8.14. The number of amides is 1. The number of rotatable bonds is 5. The summed E-state index contributed by atoms with van der Waals surface area (Å²) >= 11 is 0. The summed E-state index contributed by atoms with van der Waals surface area (Å²) in [5.74, 6) is 0.774. The molecular weight excluding hydrogens is 486 g/mol. The van der Waals surface area contributed by atoms with E-state index in [1.165, 1.54) is 12.1 Å². The van der Waals surface area contributed by atoms with Crippen molar-refractivity contribution in [3.63, 3.8) is 0 Å². The molecule has 1 unspecified atom stereocenters. The Balaban J connectivity index is 0.00000420. The highest BCUT2D eigenvalue weighted by atomic mass is 127. The Morgan fingerprint density at radius 3 is 2.76 bits per heavy atom. The summed E-state index contributed by atoms with van der Waals surface area (Å²) in [4.78, 5) is 18.6. The molecule has 2 rings (SSSR count). The summed E-state index contributed by atoms with van der Waals surface area (Å²) in [5.41, 5.74) is 0.343. The first kappa shape index (κ1) is 25.5. The van der Waals surface area contributed by atoms with Crippen LogP contribution in [0.1, 0.15) is 46.1 Å². The molecule has 29 heavy (non-hydrogen) atoms. The van der Waals surface area contributed by atoms with Crippen molar-refractivity contribution >= 4 is 36.0 Å². The lowest BCUT2D eigenvalue weighted by molar-refractivity contribution is 0.0168. The number of benzene rings is 1. The first-order valence-electron chi connectivity index (χ1n) is 10.0. The van der Waals surface area contributed by atoms with E-state index in [-0.39, 0.29) is 35.9 Å². The lowest BCUT2D eigenvalue weighted by Gasteiger charge is -2.34. The summed E-state index contributed by atoms with van der Waals surface area (Å²) in [6, 6.07) is 6.47. The number of halogens is 2. The van der Waals surface area contributed by atoms with Crippen molar-refractivity contribution in [3.8, 4) is 0 Å². The maximum atomic E-state index is 13.3. The average molecular weight is 520 g/mol. The Kier molecular flexibility index (Phi) is 10.7. The van der Waals surface area contributed by atoms with Gasteiger partial charge in [0.25, 0.3) is 0 Å². The van der Waals surface area contributed by atoms with Crippen molar-refractivity contribution in [1.82, 2.24) is 15.5 Å². The predicted octanol–water partition coefficient (Wildman–Crippen LogP) is 4.15. The molecule has 1 heterocycles. The van der Waals surface area contributed by atoms with Crippen molar-refractivity contribution in [2.75, 3.05) is 26.2 Å². The van der Waals surface area contributed by atoms with Crippen LogP contribution in [0.4, 0.5) is 9.18 Å². The molecule has 8 heteroatoms. The number of nitrogens with one attached hydrogen (secondary N) is 2. The Labute approximate surface area is 190 Å². The van der Waals surface area contributed by atoms with Crippen LogP contribution in [0.3, 0.4) is 0 Å². The highest BCUT2D eigenvalue weighted by molar-refractivity contribution is 14.0. The van der Waals surface area contributed by atoms with E-state index in [1.54, 1.807) is 11.0 Å². The van der Waals surface area contributed by atoms with E-state index in [4.69, 9.17) is 4.74 Å². The van der Waals surface area contributed by atoms with Crippen LogP contribution >= 0.6 is 24.0 Å². The fourth-order valence-corrected chi connectivity index (χ4v) is 3.11. The largest absolute Gasteiger partial charge is 0.444 e. The van der Waals surface area contributed by atoms with E-state index < -0.39 is 5.60 Å². The number of hydrogen-bond donors (Lipinski definition) is 2. The smallest absolute Gasteiger partial charge is 0.410 e. The third-order valence-corrected chi connectivity index (χ3v) is 4.38. The molecule has 0 aliphatic carbocycles. The third kappa shape index (κ3) is 9.64. The van der Waals surface area contributed by atoms with Crippen LogP contribution in [0.2, 0.25) is 0 Å². The average Bonchev–Trinajstić information content (AvgIpc) is 2.63. The van der Waals surface area contributed by atoms with E-state index in [0.29, 0.717) is 31.5 Å². The van der Waals surface area contributed by atoms with Crippen LogP contribution in [-0.4, -0.2) is 48.7 Å². The Morgan fingerprint density at radius 2 is 2.10 bits per heavy atom. The zero-order chi connectivity index (χ0) is 20.6. The van der Waals surface area contributed by atoms with Crippen LogP contribution < -0.4 is 10.6 Å². The van der Waals surface area contributed by atoms with Crippen LogP contribution in [0.5, 0.6) is 0 Å². The van der Waals surface area contributed by atoms with Gasteiger partial charge in [-0.2, -0.15) is 0 Å². The van der Waals surface area contributed by atoms with Gasteiger partial charge < -0.3 is 20.3 Å². The van der Waals surface area contributed by atoms with Crippen molar-refractivity contribution in [3.05, 3.63) is 35.6 Å². The molecule has 0 spiro atoms. The van der Waals surface area contributed by atoms with E-state index in [9.17, 15) is 9.18 Å². The van der Waals surface area contributed by atoms with Gasteiger partial charge in [-0.3, -0.25) is 0 Å². The van der Waals surface area contributed by atoms with Crippen molar-refractivity contribution in [2.24, 2.45) is 10.9 Å². The van der Waals surface area contributed by atoms with Gasteiger partial charge in [-0.1, -0.05) is 12.1 Å². The Morgan fingerprint density at radius 1 is 1.34 bits per heavy atom.